The molecule has 1 amide bonds. The first-order chi connectivity index (χ1) is 10.7. The molecule has 0 saturated heterocycles. The zero-order valence-corrected chi connectivity index (χ0v) is 12.3. The Hall–Kier alpha value is -2.67. The van der Waals surface area contributed by atoms with E-state index in [1.54, 1.807) is 6.07 Å². The molecule has 2 heterocycles. The summed E-state index contributed by atoms with van der Waals surface area (Å²) in [7, 11) is 0. The minimum atomic E-state index is -0.151. The van der Waals surface area contributed by atoms with E-state index in [-0.39, 0.29) is 12.3 Å². The Kier molecular flexibility index (Phi) is 4.15. The van der Waals surface area contributed by atoms with Crippen LogP contribution in [0.15, 0.2) is 49.1 Å². The Morgan fingerprint density at radius 1 is 1.27 bits per heavy atom. The number of carbonyl (C=O) groups is 1. The number of aromatic nitrogens is 5. The molecule has 3 rings (SSSR count). The molecule has 0 fully saturated rings. The number of nitrogens with one attached hydrogen (secondary N) is 1. The van der Waals surface area contributed by atoms with Crippen LogP contribution < -0.4 is 5.32 Å². The quantitative estimate of drug-likeness (QED) is 0.782. The van der Waals surface area contributed by atoms with Crippen molar-refractivity contribution in [3.8, 4) is 5.69 Å². The van der Waals surface area contributed by atoms with Gasteiger partial charge in [0.05, 0.1) is 17.3 Å². The van der Waals surface area contributed by atoms with Crippen molar-refractivity contribution in [3.05, 3.63) is 54.1 Å². The van der Waals surface area contributed by atoms with Crippen LogP contribution >= 0.6 is 11.6 Å². The zero-order valence-electron chi connectivity index (χ0n) is 11.6. The molecule has 22 heavy (non-hydrogen) atoms. The van der Waals surface area contributed by atoms with Crippen molar-refractivity contribution in [2.75, 3.05) is 5.32 Å². The number of hydrogen-bond donors (Lipinski definition) is 1. The predicted molar refractivity (Wildman–Crippen MR) is 81.8 cm³/mol. The Balaban J connectivity index is 1.68. The molecule has 0 spiro atoms. The molecule has 0 atom stereocenters. The summed E-state index contributed by atoms with van der Waals surface area (Å²) in [6, 6.07) is 9.34. The van der Waals surface area contributed by atoms with Gasteiger partial charge in [0.1, 0.15) is 6.33 Å². The molecular formula is C14H13ClN6O. The zero-order chi connectivity index (χ0) is 15.4. The predicted octanol–water partition coefficient (Wildman–Crippen LogP) is 2.15. The van der Waals surface area contributed by atoms with Gasteiger partial charge in [-0.1, -0.05) is 11.6 Å². The van der Waals surface area contributed by atoms with E-state index >= 15 is 0 Å². The number of amides is 1. The summed E-state index contributed by atoms with van der Waals surface area (Å²) in [6.07, 6.45) is 5.57. The van der Waals surface area contributed by atoms with Crippen LogP contribution in [-0.2, 0) is 11.3 Å². The number of benzene rings is 1. The first-order valence-corrected chi connectivity index (χ1v) is 7.04. The van der Waals surface area contributed by atoms with Crippen LogP contribution in [0.4, 0.5) is 5.69 Å². The van der Waals surface area contributed by atoms with Crippen LogP contribution in [0.25, 0.3) is 5.69 Å². The average molecular weight is 317 g/mol. The monoisotopic (exact) mass is 316 g/mol. The van der Waals surface area contributed by atoms with Gasteiger partial charge in [-0.3, -0.25) is 4.79 Å². The highest BCUT2D eigenvalue weighted by molar-refractivity contribution is 6.33. The second kappa shape index (κ2) is 6.40. The third kappa shape index (κ3) is 3.32. The molecule has 1 aromatic carbocycles. The molecule has 112 valence electrons. The summed E-state index contributed by atoms with van der Waals surface area (Å²) in [5.74, 6) is -0.151. The fourth-order valence-corrected chi connectivity index (χ4v) is 2.15. The van der Waals surface area contributed by atoms with Gasteiger partial charge in [-0.25, -0.2) is 4.68 Å². The lowest BCUT2D eigenvalue weighted by molar-refractivity contribution is -0.116. The van der Waals surface area contributed by atoms with E-state index < -0.39 is 0 Å². The first-order valence-electron chi connectivity index (χ1n) is 6.66. The Morgan fingerprint density at radius 2 is 2.09 bits per heavy atom. The number of rotatable bonds is 5. The SMILES string of the molecule is O=C(CCn1cnnn1)Nc1cc(-n2cccc2)ccc1Cl. The van der Waals surface area contributed by atoms with E-state index in [9.17, 15) is 4.79 Å². The molecule has 1 N–H and O–H groups in total. The first kappa shape index (κ1) is 14.3. The molecule has 0 aliphatic carbocycles. The lowest BCUT2D eigenvalue weighted by Crippen LogP contribution is -2.15. The molecular weight excluding hydrogens is 304 g/mol. The van der Waals surface area contributed by atoms with E-state index in [4.69, 9.17) is 11.6 Å². The molecule has 8 heteroatoms. The summed E-state index contributed by atoms with van der Waals surface area (Å²) in [5.41, 5.74) is 1.50. The summed E-state index contributed by atoms with van der Waals surface area (Å²) in [4.78, 5) is 12.0. The Morgan fingerprint density at radius 3 is 2.82 bits per heavy atom. The molecule has 0 aliphatic rings. The normalized spacial score (nSPS) is 10.6. The smallest absolute Gasteiger partial charge is 0.226 e. The standard InChI is InChI=1S/C14H13ClN6O/c15-12-4-3-11(20-6-1-2-7-20)9-13(12)17-14(22)5-8-21-10-16-18-19-21/h1-4,6-7,9-10H,5,8H2,(H,17,22). The minimum absolute atomic E-state index is 0.151. The van der Waals surface area contributed by atoms with Gasteiger partial charge in [0.15, 0.2) is 0 Å². The molecule has 3 aromatic rings. The number of tetrazole rings is 1. The maximum atomic E-state index is 12.0. The van der Waals surface area contributed by atoms with Crippen LogP contribution in [0.2, 0.25) is 5.02 Å². The van der Waals surface area contributed by atoms with Crippen molar-refractivity contribution in [2.24, 2.45) is 0 Å². The molecule has 0 saturated carbocycles. The van der Waals surface area contributed by atoms with E-state index in [1.807, 2.05) is 41.2 Å². The summed E-state index contributed by atoms with van der Waals surface area (Å²) in [5, 5.41) is 14.0. The second-order valence-electron chi connectivity index (χ2n) is 4.63. The minimum Gasteiger partial charge on any atom is -0.325 e. The summed E-state index contributed by atoms with van der Waals surface area (Å²) in [6.45, 7) is 0.410. The van der Waals surface area contributed by atoms with Gasteiger partial charge in [0.2, 0.25) is 5.91 Å². The van der Waals surface area contributed by atoms with E-state index in [0.717, 1.165) is 5.69 Å². The fourth-order valence-electron chi connectivity index (χ4n) is 1.99. The topological polar surface area (TPSA) is 77.6 Å². The largest absolute Gasteiger partial charge is 0.325 e. The molecule has 0 unspecified atom stereocenters. The third-order valence-electron chi connectivity index (χ3n) is 3.09. The van der Waals surface area contributed by atoms with Crippen LogP contribution in [0.5, 0.6) is 0 Å². The van der Waals surface area contributed by atoms with Gasteiger partial charge in [0, 0.05) is 24.5 Å². The van der Waals surface area contributed by atoms with E-state index in [2.05, 4.69) is 20.8 Å². The van der Waals surface area contributed by atoms with Gasteiger partial charge in [-0.2, -0.15) is 0 Å². The van der Waals surface area contributed by atoms with Crippen molar-refractivity contribution < 1.29 is 4.79 Å². The summed E-state index contributed by atoms with van der Waals surface area (Å²) < 4.78 is 3.44. The molecule has 2 aromatic heterocycles. The van der Waals surface area contributed by atoms with Crippen molar-refractivity contribution in [3.63, 3.8) is 0 Å². The maximum absolute atomic E-state index is 12.0. The van der Waals surface area contributed by atoms with Crippen LogP contribution in [0.3, 0.4) is 0 Å². The molecule has 0 aliphatic heterocycles. The number of hydrogen-bond acceptors (Lipinski definition) is 4. The maximum Gasteiger partial charge on any atom is 0.226 e. The molecule has 0 bridgehead atoms. The number of anilines is 1. The van der Waals surface area contributed by atoms with E-state index in [1.165, 1.54) is 11.0 Å². The van der Waals surface area contributed by atoms with Gasteiger partial charge in [-0.15, -0.1) is 5.10 Å². The van der Waals surface area contributed by atoms with Crippen molar-refractivity contribution in [1.82, 2.24) is 24.8 Å². The van der Waals surface area contributed by atoms with Gasteiger partial charge >= 0.3 is 0 Å². The van der Waals surface area contributed by atoms with Crippen LogP contribution in [0.1, 0.15) is 6.42 Å². The highest BCUT2D eigenvalue weighted by Crippen LogP contribution is 2.25. The Bertz CT molecular complexity index is 754. The van der Waals surface area contributed by atoms with Crippen LogP contribution in [0, 0.1) is 0 Å². The number of nitrogens with zero attached hydrogens (tertiary/aromatic N) is 5. The highest BCUT2D eigenvalue weighted by Gasteiger charge is 2.08. The number of aryl methyl sites for hydroxylation is 1. The third-order valence-corrected chi connectivity index (χ3v) is 3.42. The lowest BCUT2D eigenvalue weighted by atomic mass is 10.2. The second-order valence-corrected chi connectivity index (χ2v) is 5.03. The van der Waals surface area contributed by atoms with Gasteiger partial charge in [0.25, 0.3) is 0 Å². The highest BCUT2D eigenvalue weighted by atomic mass is 35.5. The van der Waals surface area contributed by atoms with Gasteiger partial charge in [-0.05, 0) is 40.8 Å². The van der Waals surface area contributed by atoms with Crippen LogP contribution in [-0.4, -0.2) is 30.7 Å². The van der Waals surface area contributed by atoms with E-state index in [0.29, 0.717) is 17.3 Å². The lowest BCUT2D eigenvalue weighted by Gasteiger charge is -2.10. The van der Waals surface area contributed by atoms with Crippen molar-refractivity contribution in [1.29, 1.82) is 0 Å². The van der Waals surface area contributed by atoms with Gasteiger partial charge < -0.3 is 9.88 Å². The fraction of sp³-hybridized carbons (Fsp3) is 0.143. The molecule has 0 radical (unpaired) electrons. The number of carbonyl (C=O) groups excluding carboxylic acids is 1. The average Bonchev–Trinajstić information content (AvgIpc) is 3.21. The van der Waals surface area contributed by atoms with Crippen molar-refractivity contribution in [2.45, 2.75) is 13.0 Å². The summed E-state index contributed by atoms with van der Waals surface area (Å²) >= 11 is 6.14. The Labute approximate surface area is 131 Å². The molecule has 7 nitrogen and oxygen atoms in total. The number of halogens is 1. The van der Waals surface area contributed by atoms with Crippen molar-refractivity contribution >= 4 is 23.2 Å².